The second-order valence-electron chi connectivity index (χ2n) is 5.62. The smallest absolute Gasteiger partial charge is 0.319 e. The van der Waals surface area contributed by atoms with Gasteiger partial charge < -0.3 is 15.4 Å². The van der Waals surface area contributed by atoms with Gasteiger partial charge in [0, 0.05) is 17.3 Å². The number of hydrogen-bond acceptors (Lipinski definition) is 4. The van der Waals surface area contributed by atoms with Crippen LogP contribution in [0.2, 0.25) is 5.02 Å². The summed E-state index contributed by atoms with van der Waals surface area (Å²) in [7, 11) is 0. The molecule has 144 valence electrons. The zero-order chi connectivity index (χ0) is 19.9. The van der Waals surface area contributed by atoms with Crippen LogP contribution in [0.15, 0.2) is 54.6 Å². The van der Waals surface area contributed by atoms with E-state index in [9.17, 15) is 13.6 Å². The number of urea groups is 1. The van der Waals surface area contributed by atoms with Gasteiger partial charge in [-0.05, 0) is 48.5 Å². The predicted octanol–water partition coefficient (Wildman–Crippen LogP) is 4.28. The fourth-order valence-corrected chi connectivity index (χ4v) is 2.42. The molecule has 1 aromatic heterocycles. The van der Waals surface area contributed by atoms with Crippen molar-refractivity contribution in [1.82, 2.24) is 15.5 Å². The largest absolute Gasteiger partial charge is 0.475 e. The number of amides is 2. The summed E-state index contributed by atoms with van der Waals surface area (Å²) in [4.78, 5) is 11.8. The summed E-state index contributed by atoms with van der Waals surface area (Å²) in [6.45, 7) is 0.379. The van der Waals surface area contributed by atoms with Crippen molar-refractivity contribution in [3.05, 3.63) is 71.3 Å². The summed E-state index contributed by atoms with van der Waals surface area (Å²) in [6.07, 6.45) is 0. The van der Waals surface area contributed by atoms with Gasteiger partial charge in [-0.15, -0.1) is 10.2 Å². The van der Waals surface area contributed by atoms with E-state index in [1.807, 2.05) is 0 Å². The zero-order valence-electron chi connectivity index (χ0n) is 14.5. The van der Waals surface area contributed by atoms with E-state index < -0.39 is 11.8 Å². The van der Waals surface area contributed by atoms with Crippen molar-refractivity contribution < 1.29 is 18.3 Å². The van der Waals surface area contributed by atoms with Gasteiger partial charge in [0.15, 0.2) is 0 Å². The van der Waals surface area contributed by atoms with E-state index in [1.54, 1.807) is 24.3 Å². The lowest BCUT2D eigenvalue weighted by Gasteiger charge is -2.09. The standard InChI is InChI=1S/C19H15ClF2N4O2/c20-15-11-14(5-6-16(15)22)24-19(27)23-9-10-28-18-8-7-17(25-26-18)12-1-3-13(21)4-2-12/h1-8,11H,9-10H2,(H2,23,24,27). The molecule has 0 unspecified atom stereocenters. The fourth-order valence-electron chi connectivity index (χ4n) is 2.24. The molecule has 0 saturated heterocycles. The van der Waals surface area contributed by atoms with E-state index in [4.69, 9.17) is 16.3 Å². The summed E-state index contributed by atoms with van der Waals surface area (Å²) in [5.74, 6) is -0.596. The minimum Gasteiger partial charge on any atom is -0.475 e. The van der Waals surface area contributed by atoms with Gasteiger partial charge >= 0.3 is 6.03 Å². The van der Waals surface area contributed by atoms with Gasteiger partial charge in [0.25, 0.3) is 0 Å². The molecule has 0 spiro atoms. The van der Waals surface area contributed by atoms with Gasteiger partial charge in [-0.2, -0.15) is 0 Å². The molecule has 1 heterocycles. The number of hydrogen-bond donors (Lipinski definition) is 2. The first-order valence-electron chi connectivity index (χ1n) is 8.23. The lowest BCUT2D eigenvalue weighted by Crippen LogP contribution is -2.32. The van der Waals surface area contributed by atoms with E-state index >= 15 is 0 Å². The molecule has 2 amide bonds. The highest BCUT2D eigenvalue weighted by Crippen LogP contribution is 2.19. The molecule has 0 aliphatic rings. The maximum atomic E-state index is 13.1. The lowest BCUT2D eigenvalue weighted by molar-refractivity contribution is 0.246. The Kier molecular flexibility index (Phi) is 6.33. The Balaban J connectivity index is 1.42. The molecule has 2 aromatic carbocycles. The molecular weight excluding hydrogens is 390 g/mol. The number of carbonyl (C=O) groups is 1. The van der Waals surface area contributed by atoms with E-state index in [0.717, 1.165) is 11.6 Å². The highest BCUT2D eigenvalue weighted by Gasteiger charge is 2.06. The monoisotopic (exact) mass is 404 g/mol. The highest BCUT2D eigenvalue weighted by molar-refractivity contribution is 6.31. The van der Waals surface area contributed by atoms with Crippen LogP contribution in [0.5, 0.6) is 5.88 Å². The maximum absolute atomic E-state index is 13.1. The Morgan fingerprint density at radius 2 is 1.82 bits per heavy atom. The number of rotatable bonds is 6. The first kappa shape index (κ1) is 19.5. The summed E-state index contributed by atoms with van der Waals surface area (Å²) in [6, 6.07) is 12.6. The number of carbonyl (C=O) groups excluding carboxylic acids is 1. The normalized spacial score (nSPS) is 10.4. The van der Waals surface area contributed by atoms with Crippen LogP contribution < -0.4 is 15.4 Å². The van der Waals surface area contributed by atoms with Crippen LogP contribution in [0.4, 0.5) is 19.3 Å². The summed E-state index contributed by atoms with van der Waals surface area (Å²) >= 11 is 5.65. The summed E-state index contributed by atoms with van der Waals surface area (Å²) in [5, 5.41) is 13.0. The molecule has 0 aliphatic carbocycles. The Morgan fingerprint density at radius 3 is 2.50 bits per heavy atom. The molecule has 9 heteroatoms. The van der Waals surface area contributed by atoms with Gasteiger partial charge in [-0.1, -0.05) is 11.6 Å². The van der Waals surface area contributed by atoms with Crippen LogP contribution in [-0.2, 0) is 0 Å². The van der Waals surface area contributed by atoms with Crippen LogP contribution in [0, 0.1) is 11.6 Å². The van der Waals surface area contributed by atoms with Crippen LogP contribution in [0.3, 0.4) is 0 Å². The molecule has 0 radical (unpaired) electrons. The summed E-state index contributed by atoms with van der Waals surface area (Å²) < 4.78 is 31.4. The number of nitrogens with one attached hydrogen (secondary N) is 2. The van der Waals surface area contributed by atoms with Crippen LogP contribution >= 0.6 is 11.6 Å². The second kappa shape index (κ2) is 9.09. The Bertz CT molecular complexity index is 953. The second-order valence-corrected chi connectivity index (χ2v) is 6.03. The zero-order valence-corrected chi connectivity index (χ0v) is 15.2. The van der Waals surface area contributed by atoms with Gasteiger partial charge in [-0.3, -0.25) is 0 Å². The van der Waals surface area contributed by atoms with Crippen molar-refractivity contribution in [2.45, 2.75) is 0 Å². The lowest BCUT2D eigenvalue weighted by atomic mass is 10.1. The van der Waals surface area contributed by atoms with E-state index in [0.29, 0.717) is 17.3 Å². The third kappa shape index (κ3) is 5.37. The average molecular weight is 405 g/mol. The number of benzene rings is 2. The number of aromatic nitrogens is 2. The highest BCUT2D eigenvalue weighted by atomic mass is 35.5. The van der Waals surface area contributed by atoms with Crippen molar-refractivity contribution in [3.63, 3.8) is 0 Å². The Labute approximate surface area is 164 Å². The molecule has 0 aliphatic heterocycles. The molecule has 0 atom stereocenters. The van der Waals surface area contributed by atoms with Gasteiger partial charge in [0.1, 0.15) is 18.2 Å². The number of anilines is 1. The van der Waals surface area contributed by atoms with Crippen molar-refractivity contribution in [2.75, 3.05) is 18.5 Å². The minimum atomic E-state index is -0.562. The quantitative estimate of drug-likeness (QED) is 0.601. The number of ether oxygens (including phenoxy) is 1. The van der Waals surface area contributed by atoms with Crippen molar-refractivity contribution in [3.8, 4) is 17.1 Å². The van der Waals surface area contributed by atoms with E-state index in [2.05, 4.69) is 20.8 Å². The number of halogens is 3. The van der Waals surface area contributed by atoms with Crippen LogP contribution in [0.25, 0.3) is 11.3 Å². The van der Waals surface area contributed by atoms with Gasteiger partial charge in [-0.25, -0.2) is 13.6 Å². The van der Waals surface area contributed by atoms with Gasteiger partial charge in [0.05, 0.1) is 17.3 Å². The molecule has 0 bridgehead atoms. The molecule has 2 N–H and O–H groups in total. The van der Waals surface area contributed by atoms with E-state index in [1.165, 1.54) is 24.3 Å². The van der Waals surface area contributed by atoms with Crippen molar-refractivity contribution in [1.29, 1.82) is 0 Å². The van der Waals surface area contributed by atoms with E-state index in [-0.39, 0.29) is 24.0 Å². The Hall–Kier alpha value is -3.26. The van der Waals surface area contributed by atoms with Gasteiger partial charge in [0.2, 0.25) is 5.88 Å². The topological polar surface area (TPSA) is 76.1 Å². The predicted molar refractivity (Wildman–Crippen MR) is 101 cm³/mol. The van der Waals surface area contributed by atoms with Crippen LogP contribution in [0.1, 0.15) is 0 Å². The average Bonchev–Trinajstić information content (AvgIpc) is 2.69. The molecule has 3 aromatic rings. The fraction of sp³-hybridized carbons (Fsp3) is 0.105. The Morgan fingerprint density at radius 1 is 1.04 bits per heavy atom. The molecule has 6 nitrogen and oxygen atoms in total. The first-order chi connectivity index (χ1) is 13.5. The van der Waals surface area contributed by atoms with Crippen molar-refractivity contribution in [2.24, 2.45) is 0 Å². The number of nitrogens with zero attached hydrogens (tertiary/aromatic N) is 2. The first-order valence-corrected chi connectivity index (χ1v) is 8.61. The molecule has 3 rings (SSSR count). The van der Waals surface area contributed by atoms with Crippen LogP contribution in [-0.4, -0.2) is 29.4 Å². The molecular formula is C19H15ClF2N4O2. The van der Waals surface area contributed by atoms with Crippen molar-refractivity contribution >= 4 is 23.3 Å². The maximum Gasteiger partial charge on any atom is 0.319 e. The minimum absolute atomic E-state index is 0.0798. The SMILES string of the molecule is O=C(NCCOc1ccc(-c2ccc(F)cc2)nn1)Nc1ccc(F)c(Cl)c1. The third-order valence-electron chi connectivity index (χ3n) is 3.60. The third-order valence-corrected chi connectivity index (χ3v) is 3.88. The summed E-state index contributed by atoms with van der Waals surface area (Å²) in [5.41, 5.74) is 1.69. The molecule has 0 saturated carbocycles. The molecule has 0 fully saturated rings. The molecule has 28 heavy (non-hydrogen) atoms.